The van der Waals surface area contributed by atoms with Gasteiger partial charge in [-0.15, -0.1) is 11.3 Å². The van der Waals surface area contributed by atoms with Crippen LogP contribution in [0.2, 0.25) is 0 Å². The van der Waals surface area contributed by atoms with Gasteiger partial charge in [0.1, 0.15) is 5.75 Å². The number of amides is 1. The molecule has 0 aliphatic carbocycles. The van der Waals surface area contributed by atoms with E-state index in [1.54, 1.807) is 18.4 Å². The molecule has 4 rings (SSSR count). The number of nitrogens with zero attached hydrogens (tertiary/aromatic N) is 2. The summed E-state index contributed by atoms with van der Waals surface area (Å²) >= 11 is 1.81. The summed E-state index contributed by atoms with van der Waals surface area (Å²) in [6.07, 6.45) is 1.92. The zero-order valence-electron chi connectivity index (χ0n) is 16.7. The van der Waals surface area contributed by atoms with Crippen LogP contribution in [0.4, 0.5) is 5.69 Å². The molecular weight excluding hydrogens is 380 g/mol. The van der Waals surface area contributed by atoms with E-state index in [-0.39, 0.29) is 11.9 Å². The minimum atomic E-state index is 0.0514. The van der Waals surface area contributed by atoms with Gasteiger partial charge in [0.15, 0.2) is 0 Å². The van der Waals surface area contributed by atoms with E-state index in [1.165, 1.54) is 4.88 Å². The number of ether oxygens (including phenoxy) is 1. The van der Waals surface area contributed by atoms with Gasteiger partial charge < -0.3 is 9.64 Å². The summed E-state index contributed by atoms with van der Waals surface area (Å²) in [5.41, 5.74) is 1.62. The lowest BCUT2D eigenvalue weighted by Gasteiger charge is -2.38. The molecule has 0 N–H and O–H groups in total. The van der Waals surface area contributed by atoms with Crippen LogP contribution < -0.4 is 9.64 Å². The predicted molar refractivity (Wildman–Crippen MR) is 119 cm³/mol. The van der Waals surface area contributed by atoms with E-state index in [0.29, 0.717) is 0 Å². The molecule has 1 amide bonds. The monoisotopic (exact) mass is 406 g/mol. The first-order valence-corrected chi connectivity index (χ1v) is 10.9. The minimum Gasteiger partial charge on any atom is -0.497 e. The molecule has 3 aromatic rings. The Bertz CT molecular complexity index is 919. The fourth-order valence-electron chi connectivity index (χ4n) is 3.93. The van der Waals surface area contributed by atoms with Crippen molar-refractivity contribution in [2.45, 2.75) is 25.4 Å². The molecular formula is C24H26N2O2S. The summed E-state index contributed by atoms with van der Waals surface area (Å²) in [7, 11) is 1.66. The first kappa shape index (κ1) is 19.7. The van der Waals surface area contributed by atoms with Crippen LogP contribution in [0.5, 0.6) is 5.75 Å². The molecule has 0 unspecified atom stereocenters. The van der Waals surface area contributed by atoms with Crippen molar-refractivity contribution in [1.29, 1.82) is 0 Å². The van der Waals surface area contributed by atoms with E-state index < -0.39 is 0 Å². The third-order valence-electron chi connectivity index (χ3n) is 5.45. The summed E-state index contributed by atoms with van der Waals surface area (Å²) in [5, 5.41) is 2.13. The van der Waals surface area contributed by atoms with Crippen LogP contribution in [-0.4, -0.2) is 37.0 Å². The largest absolute Gasteiger partial charge is 0.497 e. The van der Waals surface area contributed by atoms with Crippen molar-refractivity contribution in [3.8, 4) is 5.75 Å². The topological polar surface area (TPSA) is 32.8 Å². The SMILES string of the molecule is COc1cccc(N(C(=O)c2ccccc2)C2CCN(Cc3cccs3)CC2)c1. The Labute approximate surface area is 176 Å². The Hall–Kier alpha value is -2.63. The number of benzene rings is 2. The van der Waals surface area contributed by atoms with Gasteiger partial charge in [-0.2, -0.15) is 0 Å². The highest BCUT2D eigenvalue weighted by molar-refractivity contribution is 7.09. The average Bonchev–Trinajstić information content (AvgIpc) is 3.29. The van der Waals surface area contributed by atoms with Crippen molar-refractivity contribution >= 4 is 22.9 Å². The van der Waals surface area contributed by atoms with Gasteiger partial charge in [0, 0.05) is 47.9 Å². The van der Waals surface area contributed by atoms with Crippen LogP contribution in [0.25, 0.3) is 0 Å². The molecule has 2 aromatic carbocycles. The molecule has 0 bridgehead atoms. The lowest BCUT2D eigenvalue weighted by molar-refractivity contribution is 0.0959. The predicted octanol–water partition coefficient (Wildman–Crippen LogP) is 5.07. The van der Waals surface area contributed by atoms with Crippen molar-refractivity contribution in [3.05, 3.63) is 82.6 Å². The highest BCUT2D eigenvalue weighted by Crippen LogP contribution is 2.29. The summed E-state index contributed by atoms with van der Waals surface area (Å²) in [6, 6.07) is 21.9. The van der Waals surface area contributed by atoms with Crippen LogP contribution in [-0.2, 0) is 6.54 Å². The summed E-state index contributed by atoms with van der Waals surface area (Å²) in [6.45, 7) is 2.98. The summed E-state index contributed by atoms with van der Waals surface area (Å²) < 4.78 is 5.41. The number of hydrogen-bond donors (Lipinski definition) is 0. The second-order valence-electron chi connectivity index (χ2n) is 7.33. The summed E-state index contributed by atoms with van der Waals surface area (Å²) in [5.74, 6) is 0.819. The van der Waals surface area contributed by atoms with Gasteiger partial charge >= 0.3 is 0 Å². The van der Waals surface area contributed by atoms with Crippen LogP contribution >= 0.6 is 11.3 Å². The van der Waals surface area contributed by atoms with E-state index in [4.69, 9.17) is 4.74 Å². The first-order valence-electron chi connectivity index (χ1n) is 10.0. The third-order valence-corrected chi connectivity index (χ3v) is 6.31. The highest BCUT2D eigenvalue weighted by atomic mass is 32.1. The fraction of sp³-hybridized carbons (Fsp3) is 0.292. The van der Waals surface area contributed by atoms with Gasteiger partial charge in [-0.25, -0.2) is 0 Å². The maximum atomic E-state index is 13.5. The van der Waals surface area contributed by atoms with E-state index in [0.717, 1.165) is 49.5 Å². The van der Waals surface area contributed by atoms with E-state index >= 15 is 0 Å². The standard InChI is InChI=1S/C24H26N2O2S/c1-28-22-10-5-9-21(17-22)26(24(27)19-7-3-2-4-8-19)20-12-14-25(15-13-20)18-23-11-6-16-29-23/h2-11,16-17,20H,12-15,18H2,1H3. The van der Waals surface area contributed by atoms with E-state index in [9.17, 15) is 4.79 Å². The first-order chi connectivity index (χ1) is 14.2. The molecule has 0 atom stereocenters. The quantitative estimate of drug-likeness (QED) is 0.573. The molecule has 150 valence electrons. The molecule has 5 heteroatoms. The van der Waals surface area contributed by atoms with Crippen molar-refractivity contribution in [1.82, 2.24) is 4.90 Å². The van der Waals surface area contributed by atoms with Gasteiger partial charge in [0.25, 0.3) is 5.91 Å². The van der Waals surface area contributed by atoms with Crippen molar-refractivity contribution in [2.24, 2.45) is 0 Å². The number of anilines is 1. The third kappa shape index (κ3) is 4.69. The Morgan fingerprint density at radius 1 is 1.07 bits per heavy atom. The number of thiophene rings is 1. The summed E-state index contributed by atoms with van der Waals surface area (Å²) in [4.78, 5) is 19.3. The normalized spacial score (nSPS) is 15.2. The second-order valence-corrected chi connectivity index (χ2v) is 8.36. The smallest absolute Gasteiger partial charge is 0.258 e. The molecule has 0 spiro atoms. The maximum absolute atomic E-state index is 13.5. The molecule has 1 aromatic heterocycles. The zero-order chi connectivity index (χ0) is 20.1. The highest BCUT2D eigenvalue weighted by Gasteiger charge is 2.30. The van der Waals surface area contributed by atoms with Gasteiger partial charge in [-0.3, -0.25) is 9.69 Å². The van der Waals surface area contributed by atoms with Crippen LogP contribution in [0.3, 0.4) is 0 Å². The number of rotatable bonds is 6. The van der Waals surface area contributed by atoms with Crippen LogP contribution in [0.15, 0.2) is 72.1 Å². The van der Waals surface area contributed by atoms with Gasteiger partial charge in [0.05, 0.1) is 7.11 Å². The number of methoxy groups -OCH3 is 1. The Balaban J connectivity index is 1.55. The average molecular weight is 407 g/mol. The van der Waals surface area contributed by atoms with Gasteiger partial charge in [-0.1, -0.05) is 30.3 Å². The number of hydrogen-bond acceptors (Lipinski definition) is 4. The lowest BCUT2D eigenvalue weighted by Crippen LogP contribution is -2.47. The van der Waals surface area contributed by atoms with E-state index in [1.807, 2.05) is 59.5 Å². The molecule has 0 saturated carbocycles. The Kier molecular flexibility index (Phi) is 6.27. The Morgan fingerprint density at radius 2 is 1.86 bits per heavy atom. The number of piperidine rings is 1. The molecule has 29 heavy (non-hydrogen) atoms. The molecule has 0 radical (unpaired) electrons. The number of carbonyl (C=O) groups is 1. The zero-order valence-corrected chi connectivity index (χ0v) is 17.5. The van der Waals surface area contributed by atoms with Gasteiger partial charge in [0.2, 0.25) is 0 Å². The van der Waals surface area contributed by atoms with Crippen molar-refractivity contribution in [3.63, 3.8) is 0 Å². The molecule has 2 heterocycles. The second kappa shape index (κ2) is 9.25. The van der Waals surface area contributed by atoms with Crippen molar-refractivity contribution in [2.75, 3.05) is 25.1 Å². The molecule has 1 saturated heterocycles. The molecule has 1 fully saturated rings. The number of likely N-dealkylation sites (tertiary alicyclic amines) is 1. The van der Waals surface area contributed by atoms with Crippen LogP contribution in [0, 0.1) is 0 Å². The van der Waals surface area contributed by atoms with Gasteiger partial charge in [-0.05, 0) is 48.6 Å². The van der Waals surface area contributed by atoms with Crippen molar-refractivity contribution < 1.29 is 9.53 Å². The molecule has 4 nitrogen and oxygen atoms in total. The minimum absolute atomic E-state index is 0.0514. The van der Waals surface area contributed by atoms with Crippen LogP contribution in [0.1, 0.15) is 28.1 Å². The lowest BCUT2D eigenvalue weighted by atomic mass is 10.0. The molecule has 1 aliphatic rings. The fourth-order valence-corrected chi connectivity index (χ4v) is 4.68. The maximum Gasteiger partial charge on any atom is 0.258 e. The number of carbonyl (C=O) groups excluding carboxylic acids is 1. The van der Waals surface area contributed by atoms with E-state index in [2.05, 4.69) is 22.4 Å². The molecule has 1 aliphatic heterocycles. The Morgan fingerprint density at radius 3 is 2.55 bits per heavy atom.